The zero-order valence-corrected chi connectivity index (χ0v) is 13.2. The molecule has 2 N–H and O–H groups in total. The van der Waals surface area contributed by atoms with Crippen LogP contribution in [-0.4, -0.2) is 12.1 Å². The summed E-state index contributed by atoms with van der Waals surface area (Å²) in [6.07, 6.45) is 8.41. The van der Waals surface area contributed by atoms with Crippen molar-refractivity contribution < 1.29 is 9.13 Å². The molecule has 4 heteroatoms. The number of benzene rings is 1. The second kappa shape index (κ2) is 5.64. The highest BCUT2D eigenvalue weighted by molar-refractivity contribution is 9.10. The zero-order chi connectivity index (χ0) is 14.2. The summed E-state index contributed by atoms with van der Waals surface area (Å²) in [5, 5.41) is 0. The van der Waals surface area contributed by atoms with Crippen molar-refractivity contribution in [2.24, 2.45) is 11.1 Å². The van der Waals surface area contributed by atoms with Gasteiger partial charge in [0.2, 0.25) is 0 Å². The molecule has 2 fully saturated rings. The first-order valence-corrected chi connectivity index (χ1v) is 8.28. The Kier molecular flexibility index (Phi) is 4.04. The monoisotopic (exact) mass is 341 g/mol. The third-order valence-corrected chi connectivity index (χ3v) is 5.69. The van der Waals surface area contributed by atoms with Crippen LogP contribution >= 0.6 is 15.9 Å². The minimum absolute atomic E-state index is 0.125. The Morgan fingerprint density at radius 1 is 1.20 bits per heavy atom. The molecule has 1 aromatic rings. The Morgan fingerprint density at radius 3 is 2.50 bits per heavy atom. The SMILES string of the molecule is NC1CC(Oc2ccc(Br)c(F)c2)C12CCCCCC2. The number of ether oxygens (including phenoxy) is 1. The molecule has 0 amide bonds. The number of hydrogen-bond acceptors (Lipinski definition) is 2. The van der Waals surface area contributed by atoms with Crippen molar-refractivity contribution >= 4 is 15.9 Å². The standard InChI is InChI=1S/C16H21BrFNO/c17-12-6-5-11(9-13(12)18)20-15-10-14(19)16(15)7-3-1-2-4-8-16/h5-6,9,14-15H,1-4,7-8,10,19H2. The van der Waals surface area contributed by atoms with Crippen molar-refractivity contribution in [1.29, 1.82) is 0 Å². The fourth-order valence-electron chi connectivity index (χ4n) is 3.74. The number of rotatable bonds is 2. The average Bonchev–Trinajstić information content (AvgIpc) is 2.70. The first-order valence-electron chi connectivity index (χ1n) is 7.49. The van der Waals surface area contributed by atoms with Crippen LogP contribution in [0.3, 0.4) is 0 Å². The molecule has 0 aromatic heterocycles. The second-order valence-electron chi connectivity index (χ2n) is 6.17. The molecular weight excluding hydrogens is 321 g/mol. The summed E-state index contributed by atoms with van der Waals surface area (Å²) in [5.74, 6) is 0.340. The molecule has 0 heterocycles. The number of halogens is 2. The van der Waals surface area contributed by atoms with Crippen molar-refractivity contribution in [3.63, 3.8) is 0 Å². The number of hydrogen-bond donors (Lipinski definition) is 1. The normalized spacial score (nSPS) is 28.8. The summed E-state index contributed by atoms with van der Waals surface area (Å²) in [4.78, 5) is 0. The van der Waals surface area contributed by atoms with Crippen molar-refractivity contribution in [2.75, 3.05) is 0 Å². The zero-order valence-electron chi connectivity index (χ0n) is 11.6. The Morgan fingerprint density at radius 2 is 1.90 bits per heavy atom. The highest BCUT2D eigenvalue weighted by Crippen LogP contribution is 2.51. The Labute approximate surface area is 128 Å². The fraction of sp³-hybridized carbons (Fsp3) is 0.625. The van der Waals surface area contributed by atoms with Crippen LogP contribution in [0, 0.1) is 11.2 Å². The van der Waals surface area contributed by atoms with Gasteiger partial charge in [-0.15, -0.1) is 0 Å². The maximum atomic E-state index is 13.6. The molecule has 2 saturated carbocycles. The molecule has 2 atom stereocenters. The van der Waals surface area contributed by atoms with Gasteiger partial charge in [0.05, 0.1) is 4.47 Å². The Hall–Kier alpha value is -0.610. The van der Waals surface area contributed by atoms with E-state index in [9.17, 15) is 4.39 Å². The van der Waals surface area contributed by atoms with Crippen molar-refractivity contribution in [1.82, 2.24) is 0 Å². The molecule has 2 unspecified atom stereocenters. The summed E-state index contributed by atoms with van der Waals surface area (Å²) in [7, 11) is 0. The molecule has 3 rings (SSSR count). The molecule has 0 bridgehead atoms. The highest BCUT2D eigenvalue weighted by atomic mass is 79.9. The summed E-state index contributed by atoms with van der Waals surface area (Å²) in [5.41, 5.74) is 6.42. The molecule has 2 aliphatic rings. The lowest BCUT2D eigenvalue weighted by atomic mass is 9.58. The predicted octanol–water partition coefficient (Wildman–Crippen LogP) is 4.41. The lowest BCUT2D eigenvalue weighted by Crippen LogP contribution is -2.63. The van der Waals surface area contributed by atoms with Gasteiger partial charge in [-0.05, 0) is 40.9 Å². The molecule has 1 spiro atoms. The van der Waals surface area contributed by atoms with Crippen molar-refractivity contribution in [3.05, 3.63) is 28.5 Å². The molecule has 0 aliphatic heterocycles. The summed E-state index contributed by atoms with van der Waals surface area (Å²) >= 11 is 3.17. The van der Waals surface area contributed by atoms with E-state index in [4.69, 9.17) is 10.5 Å². The molecule has 20 heavy (non-hydrogen) atoms. The van der Waals surface area contributed by atoms with E-state index in [1.807, 2.05) is 6.07 Å². The van der Waals surface area contributed by atoms with Crippen LogP contribution in [0.15, 0.2) is 22.7 Å². The topological polar surface area (TPSA) is 35.2 Å². The smallest absolute Gasteiger partial charge is 0.141 e. The van der Waals surface area contributed by atoms with Gasteiger partial charge in [-0.3, -0.25) is 0 Å². The van der Waals surface area contributed by atoms with Crippen molar-refractivity contribution in [3.8, 4) is 5.75 Å². The Bertz CT molecular complexity index is 485. The lowest BCUT2D eigenvalue weighted by molar-refractivity contribution is -0.0771. The summed E-state index contributed by atoms with van der Waals surface area (Å²) in [6.45, 7) is 0. The van der Waals surface area contributed by atoms with Crippen LogP contribution in [0.4, 0.5) is 4.39 Å². The van der Waals surface area contributed by atoms with Gasteiger partial charge in [-0.25, -0.2) is 4.39 Å². The summed E-state index contributed by atoms with van der Waals surface area (Å²) in [6, 6.07) is 5.22. The van der Waals surface area contributed by atoms with Crippen LogP contribution in [0.2, 0.25) is 0 Å². The first kappa shape index (κ1) is 14.3. The molecule has 0 saturated heterocycles. The second-order valence-corrected chi connectivity index (χ2v) is 7.03. The van der Waals surface area contributed by atoms with E-state index in [2.05, 4.69) is 15.9 Å². The summed E-state index contributed by atoms with van der Waals surface area (Å²) < 4.78 is 20.1. The van der Waals surface area contributed by atoms with E-state index in [0.29, 0.717) is 10.2 Å². The van der Waals surface area contributed by atoms with Crippen LogP contribution in [0.5, 0.6) is 5.75 Å². The van der Waals surface area contributed by atoms with Gasteiger partial charge in [-0.2, -0.15) is 0 Å². The molecular formula is C16H21BrFNO. The van der Waals surface area contributed by atoms with Gasteiger partial charge >= 0.3 is 0 Å². The third kappa shape index (κ3) is 2.48. The van der Waals surface area contributed by atoms with Crippen LogP contribution in [-0.2, 0) is 0 Å². The first-order chi connectivity index (χ1) is 9.62. The van der Waals surface area contributed by atoms with Gasteiger partial charge in [-0.1, -0.05) is 25.7 Å². The van der Waals surface area contributed by atoms with Gasteiger partial charge in [0, 0.05) is 23.9 Å². The third-order valence-electron chi connectivity index (χ3n) is 5.05. The van der Waals surface area contributed by atoms with E-state index in [0.717, 1.165) is 19.3 Å². The van der Waals surface area contributed by atoms with E-state index in [-0.39, 0.29) is 23.4 Å². The average molecular weight is 342 g/mol. The van der Waals surface area contributed by atoms with Crippen LogP contribution in [0.1, 0.15) is 44.9 Å². The van der Waals surface area contributed by atoms with Gasteiger partial charge in [0.25, 0.3) is 0 Å². The molecule has 0 radical (unpaired) electrons. The molecule has 2 nitrogen and oxygen atoms in total. The van der Waals surface area contributed by atoms with E-state index < -0.39 is 0 Å². The maximum absolute atomic E-state index is 13.6. The van der Waals surface area contributed by atoms with Crippen molar-refractivity contribution in [2.45, 2.75) is 57.1 Å². The minimum Gasteiger partial charge on any atom is -0.490 e. The highest BCUT2D eigenvalue weighted by Gasteiger charge is 2.54. The fourth-order valence-corrected chi connectivity index (χ4v) is 3.98. The number of nitrogens with two attached hydrogens (primary N) is 1. The van der Waals surface area contributed by atoms with E-state index in [1.54, 1.807) is 6.07 Å². The van der Waals surface area contributed by atoms with Gasteiger partial charge < -0.3 is 10.5 Å². The molecule has 2 aliphatic carbocycles. The Balaban J connectivity index is 1.75. The minimum atomic E-state index is -0.277. The van der Waals surface area contributed by atoms with Crippen LogP contribution < -0.4 is 10.5 Å². The lowest BCUT2D eigenvalue weighted by Gasteiger charge is -2.54. The molecule has 110 valence electrons. The van der Waals surface area contributed by atoms with E-state index >= 15 is 0 Å². The predicted molar refractivity (Wildman–Crippen MR) is 81.2 cm³/mol. The largest absolute Gasteiger partial charge is 0.490 e. The molecule has 1 aromatic carbocycles. The van der Waals surface area contributed by atoms with Crippen LogP contribution in [0.25, 0.3) is 0 Å². The van der Waals surface area contributed by atoms with Gasteiger partial charge in [0.1, 0.15) is 17.7 Å². The maximum Gasteiger partial charge on any atom is 0.141 e. The van der Waals surface area contributed by atoms with E-state index in [1.165, 1.54) is 31.7 Å². The van der Waals surface area contributed by atoms with Gasteiger partial charge in [0.15, 0.2) is 0 Å². The quantitative estimate of drug-likeness (QED) is 0.864.